The van der Waals surface area contributed by atoms with Crippen LogP contribution in [0.15, 0.2) is 30.3 Å². The van der Waals surface area contributed by atoms with E-state index in [9.17, 15) is 9.46 Å². The summed E-state index contributed by atoms with van der Waals surface area (Å²) in [6.07, 6.45) is 0. The van der Waals surface area contributed by atoms with Crippen molar-refractivity contribution in [3.63, 3.8) is 0 Å². The number of hydrogen-bond donors (Lipinski definition) is 0. The number of phosphoric acid groups is 1. The van der Waals surface area contributed by atoms with Crippen molar-refractivity contribution in [2.24, 2.45) is 0 Å². The van der Waals surface area contributed by atoms with Crippen LogP contribution in [0.2, 0.25) is 0 Å². The highest BCUT2D eigenvalue weighted by Crippen LogP contribution is 2.37. The minimum atomic E-state index is -3.94. The Hall–Kier alpha value is -0.710. The lowest BCUT2D eigenvalue weighted by molar-refractivity contribution is -0.936. The van der Waals surface area contributed by atoms with E-state index in [0.717, 1.165) is 0 Å². The summed E-state index contributed by atoms with van der Waals surface area (Å²) in [5, 5.41) is 0. The molecule has 0 heterocycles. The van der Waals surface area contributed by atoms with Crippen LogP contribution in [0.1, 0.15) is 40.2 Å². The minimum Gasteiger partial charge on any atom is -0.756 e. The maximum atomic E-state index is 10.4. The maximum Gasteiger partial charge on any atom is 0.267 e. The van der Waals surface area contributed by atoms with Gasteiger partial charge in [0.05, 0.1) is 32.8 Å². The van der Waals surface area contributed by atoms with Crippen molar-refractivity contribution in [1.82, 2.24) is 0 Å². The van der Waals surface area contributed by atoms with E-state index in [1.807, 2.05) is 0 Å². The van der Waals surface area contributed by atoms with Crippen LogP contribution in [0.4, 0.5) is 0 Å². The number of benzene rings is 1. The van der Waals surface area contributed by atoms with Gasteiger partial charge in [0, 0.05) is 5.56 Å². The third kappa shape index (κ3) is 9.23. The molecule has 0 radical (unpaired) electrons. The molecule has 0 saturated heterocycles. The van der Waals surface area contributed by atoms with Crippen LogP contribution in [0, 0.1) is 0 Å². The average Bonchev–Trinajstić information content (AvgIpc) is 2.54. The zero-order valence-electron chi connectivity index (χ0n) is 15.2. The molecule has 1 rings (SSSR count). The fourth-order valence-corrected chi connectivity index (χ4v) is 3.04. The Balaban J connectivity index is 0.000000468. The van der Waals surface area contributed by atoms with Gasteiger partial charge in [-0.2, -0.15) is 0 Å². The zero-order valence-corrected chi connectivity index (χ0v) is 16.1. The van der Waals surface area contributed by atoms with Gasteiger partial charge < -0.3 is 18.4 Å². The summed E-state index contributed by atoms with van der Waals surface area (Å²) in [6, 6.07) is 10.8. The first-order chi connectivity index (χ1) is 10.9. The van der Waals surface area contributed by atoms with Gasteiger partial charge in [-0.05, 0) is 34.6 Å². The molecule has 0 amide bonds. The van der Waals surface area contributed by atoms with Crippen molar-refractivity contribution < 1.29 is 23.0 Å². The SMILES string of the molecule is CCOP(=O)([O-])OCC.CC[N+](CC)(CC)Cc1ccccc1. The second-order valence-corrected chi connectivity index (χ2v) is 6.63. The van der Waals surface area contributed by atoms with Crippen molar-refractivity contribution in [2.45, 2.75) is 41.2 Å². The van der Waals surface area contributed by atoms with E-state index in [4.69, 9.17) is 0 Å². The number of nitrogens with zero attached hydrogens (tertiary/aromatic N) is 1. The van der Waals surface area contributed by atoms with E-state index in [0.29, 0.717) is 0 Å². The summed E-state index contributed by atoms with van der Waals surface area (Å²) in [5.74, 6) is 0. The molecular weight excluding hydrogens is 313 g/mol. The summed E-state index contributed by atoms with van der Waals surface area (Å²) in [6.45, 7) is 15.1. The van der Waals surface area contributed by atoms with Gasteiger partial charge in [-0.15, -0.1) is 0 Å². The van der Waals surface area contributed by atoms with Crippen LogP contribution in [-0.2, 0) is 20.2 Å². The monoisotopic (exact) mass is 345 g/mol. The number of hydrogen-bond acceptors (Lipinski definition) is 4. The molecule has 6 heteroatoms. The highest BCUT2D eigenvalue weighted by atomic mass is 31.2. The standard InChI is InChI=1S/C13H22N.C4H11O4P/c1-4-14(5-2,6-3)12-13-10-8-7-9-11-13;1-3-7-9(5,6)8-4-2/h7-11H,4-6,12H2,1-3H3;3-4H2,1-2H3,(H,5,6)/q+1;/p-1. The van der Waals surface area contributed by atoms with Crippen LogP contribution < -0.4 is 4.89 Å². The van der Waals surface area contributed by atoms with Crippen LogP contribution in [0.25, 0.3) is 0 Å². The van der Waals surface area contributed by atoms with Gasteiger partial charge in [0.2, 0.25) is 0 Å². The Morgan fingerprint density at radius 3 is 1.70 bits per heavy atom. The highest BCUT2D eigenvalue weighted by molar-refractivity contribution is 7.45. The predicted molar refractivity (Wildman–Crippen MR) is 92.9 cm³/mol. The molecule has 23 heavy (non-hydrogen) atoms. The number of phosphoric ester groups is 1. The first-order valence-corrected chi connectivity index (χ1v) is 9.83. The van der Waals surface area contributed by atoms with Gasteiger partial charge in [0.15, 0.2) is 0 Å². The van der Waals surface area contributed by atoms with Crippen molar-refractivity contribution in [1.29, 1.82) is 0 Å². The maximum absolute atomic E-state index is 10.4. The molecule has 0 aliphatic carbocycles. The lowest BCUT2D eigenvalue weighted by Crippen LogP contribution is -2.46. The lowest BCUT2D eigenvalue weighted by Gasteiger charge is -2.35. The van der Waals surface area contributed by atoms with Gasteiger partial charge in [-0.1, -0.05) is 30.3 Å². The van der Waals surface area contributed by atoms with Crippen molar-refractivity contribution in [3.8, 4) is 0 Å². The van der Waals surface area contributed by atoms with Crippen LogP contribution in [0.3, 0.4) is 0 Å². The molecular formula is C17H32NO4P. The summed E-state index contributed by atoms with van der Waals surface area (Å²) >= 11 is 0. The predicted octanol–water partition coefficient (Wildman–Crippen LogP) is 3.59. The smallest absolute Gasteiger partial charge is 0.267 e. The summed E-state index contributed by atoms with van der Waals surface area (Å²) in [4.78, 5) is 10.4. The molecule has 0 fully saturated rings. The van der Waals surface area contributed by atoms with E-state index in [1.165, 1.54) is 36.2 Å². The second kappa shape index (κ2) is 11.8. The topological polar surface area (TPSA) is 58.6 Å². The molecule has 0 aliphatic rings. The van der Waals surface area contributed by atoms with Gasteiger partial charge in [-0.25, -0.2) is 0 Å². The summed E-state index contributed by atoms with van der Waals surface area (Å²) in [7, 11) is -3.94. The molecule has 0 aromatic heterocycles. The normalized spacial score (nSPS) is 11.7. The molecule has 1 aromatic rings. The third-order valence-corrected chi connectivity index (χ3v) is 5.10. The first kappa shape index (κ1) is 22.3. The molecule has 0 bridgehead atoms. The van der Waals surface area contributed by atoms with E-state index >= 15 is 0 Å². The molecule has 0 aliphatic heterocycles. The molecule has 0 N–H and O–H groups in total. The lowest BCUT2D eigenvalue weighted by atomic mass is 10.2. The Bertz CT molecular complexity index is 431. The molecule has 5 nitrogen and oxygen atoms in total. The van der Waals surface area contributed by atoms with Gasteiger partial charge in [0.1, 0.15) is 6.54 Å². The van der Waals surface area contributed by atoms with Crippen molar-refractivity contribution in [3.05, 3.63) is 35.9 Å². The van der Waals surface area contributed by atoms with E-state index < -0.39 is 7.82 Å². The van der Waals surface area contributed by atoms with Gasteiger partial charge in [-0.3, -0.25) is 4.57 Å². The second-order valence-electron chi connectivity index (χ2n) is 5.22. The quantitative estimate of drug-likeness (QED) is 0.507. The Kier molecular flexibility index (Phi) is 11.4. The highest BCUT2D eigenvalue weighted by Gasteiger charge is 2.20. The van der Waals surface area contributed by atoms with Crippen molar-refractivity contribution >= 4 is 7.82 Å². The molecule has 0 saturated carbocycles. The van der Waals surface area contributed by atoms with Gasteiger partial charge >= 0.3 is 0 Å². The minimum absolute atomic E-state index is 0.126. The fourth-order valence-electron chi connectivity index (χ4n) is 2.33. The average molecular weight is 345 g/mol. The first-order valence-electron chi connectivity index (χ1n) is 8.37. The molecule has 134 valence electrons. The fraction of sp³-hybridized carbons (Fsp3) is 0.647. The Labute approximate surface area is 141 Å². The van der Waals surface area contributed by atoms with E-state index in [2.05, 4.69) is 60.2 Å². The number of rotatable bonds is 9. The molecule has 0 spiro atoms. The number of quaternary nitrogens is 1. The summed E-state index contributed by atoms with van der Waals surface area (Å²) in [5.41, 5.74) is 1.46. The van der Waals surface area contributed by atoms with Crippen LogP contribution >= 0.6 is 7.82 Å². The third-order valence-electron chi connectivity index (χ3n) is 3.95. The Morgan fingerprint density at radius 1 is 0.913 bits per heavy atom. The van der Waals surface area contributed by atoms with E-state index in [-0.39, 0.29) is 13.2 Å². The molecule has 0 atom stereocenters. The van der Waals surface area contributed by atoms with Gasteiger partial charge in [0.25, 0.3) is 7.82 Å². The largest absolute Gasteiger partial charge is 0.756 e. The van der Waals surface area contributed by atoms with E-state index in [1.54, 1.807) is 13.8 Å². The molecule has 0 unspecified atom stereocenters. The van der Waals surface area contributed by atoms with Crippen molar-refractivity contribution in [2.75, 3.05) is 32.8 Å². The zero-order chi connectivity index (χ0) is 17.8. The summed E-state index contributed by atoms with van der Waals surface area (Å²) < 4.78 is 20.1. The van der Waals surface area contributed by atoms with Crippen LogP contribution in [-0.4, -0.2) is 37.3 Å². The Morgan fingerprint density at radius 2 is 1.35 bits per heavy atom. The van der Waals surface area contributed by atoms with Crippen LogP contribution in [0.5, 0.6) is 0 Å². The molecule has 1 aromatic carbocycles.